The maximum Gasteiger partial charge on any atom is 0.239 e. The summed E-state index contributed by atoms with van der Waals surface area (Å²) in [5.74, 6) is -0.0250. The summed E-state index contributed by atoms with van der Waals surface area (Å²) < 4.78 is 0. The van der Waals surface area contributed by atoms with Crippen LogP contribution in [-0.4, -0.2) is 41.1 Å². The topological polar surface area (TPSA) is 66.6 Å². The first-order valence-corrected chi connectivity index (χ1v) is 5.52. The summed E-state index contributed by atoms with van der Waals surface area (Å²) >= 11 is 0. The van der Waals surface area contributed by atoms with Gasteiger partial charge in [0.1, 0.15) is 0 Å². The highest BCUT2D eigenvalue weighted by Crippen LogP contribution is 2.22. The molecule has 1 rings (SSSR count). The monoisotopic (exact) mass is 214 g/mol. The molecule has 1 heterocycles. The van der Waals surface area contributed by atoms with Crippen LogP contribution < -0.4 is 5.73 Å². The van der Waals surface area contributed by atoms with Gasteiger partial charge in [-0.25, -0.2) is 0 Å². The largest absolute Gasteiger partial charge is 0.391 e. The number of aliphatic hydroxyl groups is 1. The molecule has 2 atom stereocenters. The van der Waals surface area contributed by atoms with Gasteiger partial charge < -0.3 is 15.7 Å². The van der Waals surface area contributed by atoms with E-state index >= 15 is 0 Å². The molecule has 1 aliphatic rings. The number of carbonyl (C=O) groups excluding carboxylic acids is 1. The number of nitrogens with two attached hydrogens (primary N) is 1. The van der Waals surface area contributed by atoms with Crippen molar-refractivity contribution in [2.45, 2.75) is 45.8 Å². The Morgan fingerprint density at radius 2 is 2.20 bits per heavy atom. The maximum absolute atomic E-state index is 11.5. The fraction of sp³-hybridized carbons (Fsp3) is 0.909. The first kappa shape index (κ1) is 12.5. The SMILES string of the molecule is CC(C)(C)CC(O)CN1CCC(N)C1=O. The number of hydrogen-bond acceptors (Lipinski definition) is 3. The van der Waals surface area contributed by atoms with Gasteiger partial charge in [-0.05, 0) is 18.3 Å². The Bertz CT molecular complexity index is 235. The molecular weight excluding hydrogens is 192 g/mol. The molecule has 0 spiro atoms. The second-order valence-corrected chi connectivity index (χ2v) is 5.60. The average Bonchev–Trinajstić information content (AvgIpc) is 2.32. The van der Waals surface area contributed by atoms with Gasteiger partial charge in [0.05, 0.1) is 12.1 Å². The van der Waals surface area contributed by atoms with Crippen molar-refractivity contribution >= 4 is 5.91 Å². The summed E-state index contributed by atoms with van der Waals surface area (Å²) in [4.78, 5) is 13.2. The highest BCUT2D eigenvalue weighted by atomic mass is 16.3. The highest BCUT2D eigenvalue weighted by molar-refractivity contribution is 5.83. The van der Waals surface area contributed by atoms with Crippen molar-refractivity contribution in [1.29, 1.82) is 0 Å². The number of hydrogen-bond donors (Lipinski definition) is 2. The summed E-state index contributed by atoms with van der Waals surface area (Å²) in [6, 6.07) is -0.355. The molecule has 1 fully saturated rings. The summed E-state index contributed by atoms with van der Waals surface area (Å²) in [7, 11) is 0. The van der Waals surface area contributed by atoms with E-state index in [1.807, 2.05) is 0 Å². The molecule has 0 bridgehead atoms. The van der Waals surface area contributed by atoms with Gasteiger partial charge in [0.2, 0.25) is 5.91 Å². The van der Waals surface area contributed by atoms with Gasteiger partial charge in [-0.3, -0.25) is 4.79 Å². The molecule has 15 heavy (non-hydrogen) atoms. The van der Waals surface area contributed by atoms with E-state index in [2.05, 4.69) is 20.8 Å². The van der Waals surface area contributed by atoms with E-state index in [1.165, 1.54) is 0 Å². The van der Waals surface area contributed by atoms with Gasteiger partial charge in [0.25, 0.3) is 0 Å². The van der Waals surface area contributed by atoms with Crippen molar-refractivity contribution in [2.75, 3.05) is 13.1 Å². The zero-order valence-electron chi connectivity index (χ0n) is 9.86. The normalized spacial score (nSPS) is 24.7. The Kier molecular flexibility index (Phi) is 3.73. The maximum atomic E-state index is 11.5. The van der Waals surface area contributed by atoms with E-state index < -0.39 is 6.10 Å². The lowest BCUT2D eigenvalue weighted by Crippen LogP contribution is -2.39. The molecule has 0 aromatic carbocycles. The van der Waals surface area contributed by atoms with Gasteiger partial charge >= 0.3 is 0 Å². The Morgan fingerprint density at radius 1 is 1.60 bits per heavy atom. The van der Waals surface area contributed by atoms with E-state index in [4.69, 9.17) is 5.73 Å². The van der Waals surface area contributed by atoms with Crippen molar-refractivity contribution in [1.82, 2.24) is 4.90 Å². The third-order valence-electron chi connectivity index (χ3n) is 2.62. The molecule has 0 aromatic rings. The third kappa shape index (κ3) is 3.80. The van der Waals surface area contributed by atoms with E-state index in [1.54, 1.807) is 4.90 Å². The number of amides is 1. The number of carbonyl (C=O) groups is 1. The Morgan fingerprint density at radius 3 is 2.60 bits per heavy atom. The van der Waals surface area contributed by atoms with Crippen molar-refractivity contribution in [3.05, 3.63) is 0 Å². The van der Waals surface area contributed by atoms with Gasteiger partial charge in [-0.1, -0.05) is 20.8 Å². The van der Waals surface area contributed by atoms with Gasteiger partial charge in [-0.15, -0.1) is 0 Å². The van der Waals surface area contributed by atoms with Crippen LogP contribution in [0.1, 0.15) is 33.6 Å². The first-order chi connectivity index (χ1) is 6.79. The van der Waals surface area contributed by atoms with Crippen molar-refractivity contribution in [2.24, 2.45) is 11.1 Å². The van der Waals surface area contributed by atoms with E-state index in [0.29, 0.717) is 25.9 Å². The first-order valence-electron chi connectivity index (χ1n) is 5.52. The molecular formula is C11H22N2O2. The summed E-state index contributed by atoms with van der Waals surface area (Å²) in [5.41, 5.74) is 5.69. The number of rotatable bonds is 3. The molecule has 0 aromatic heterocycles. The average molecular weight is 214 g/mol. The second-order valence-electron chi connectivity index (χ2n) is 5.60. The van der Waals surface area contributed by atoms with Crippen LogP contribution in [0.4, 0.5) is 0 Å². The summed E-state index contributed by atoms with van der Waals surface area (Å²) in [6.45, 7) is 7.33. The predicted octanol–water partition coefficient (Wildman–Crippen LogP) is 0.343. The minimum atomic E-state index is -0.445. The number of nitrogens with zero attached hydrogens (tertiary/aromatic N) is 1. The molecule has 1 amide bonds. The number of β-amino-alcohol motifs (C(OH)–C–C–N with tert-alkyl or cyclic N) is 1. The fourth-order valence-electron chi connectivity index (χ4n) is 1.97. The Labute approximate surface area is 91.4 Å². The molecule has 2 unspecified atom stereocenters. The molecule has 88 valence electrons. The Hall–Kier alpha value is -0.610. The Balaban J connectivity index is 2.39. The molecule has 0 aliphatic carbocycles. The van der Waals surface area contributed by atoms with E-state index in [9.17, 15) is 9.90 Å². The lowest BCUT2D eigenvalue weighted by Gasteiger charge is -2.26. The lowest BCUT2D eigenvalue weighted by molar-refractivity contribution is -0.130. The van der Waals surface area contributed by atoms with Crippen molar-refractivity contribution in [3.8, 4) is 0 Å². The summed E-state index contributed by atoms with van der Waals surface area (Å²) in [5, 5.41) is 9.81. The van der Waals surface area contributed by atoms with Crippen LogP contribution in [0.25, 0.3) is 0 Å². The molecule has 1 aliphatic heterocycles. The zero-order valence-corrected chi connectivity index (χ0v) is 9.86. The van der Waals surface area contributed by atoms with Crippen molar-refractivity contribution < 1.29 is 9.90 Å². The molecule has 1 saturated heterocycles. The minimum absolute atomic E-state index is 0.0250. The van der Waals surface area contributed by atoms with Crippen molar-refractivity contribution in [3.63, 3.8) is 0 Å². The van der Waals surface area contributed by atoms with Crippen LogP contribution in [-0.2, 0) is 4.79 Å². The predicted molar refractivity (Wildman–Crippen MR) is 59.3 cm³/mol. The highest BCUT2D eigenvalue weighted by Gasteiger charge is 2.30. The van der Waals surface area contributed by atoms with Crippen LogP contribution in [0, 0.1) is 5.41 Å². The molecule has 3 N–H and O–H groups in total. The van der Waals surface area contributed by atoms with Gasteiger partial charge in [0, 0.05) is 13.1 Å². The van der Waals surface area contributed by atoms with Gasteiger partial charge in [0.15, 0.2) is 0 Å². The number of aliphatic hydroxyl groups excluding tert-OH is 1. The number of likely N-dealkylation sites (tertiary alicyclic amines) is 1. The van der Waals surface area contributed by atoms with Gasteiger partial charge in [-0.2, -0.15) is 0 Å². The smallest absolute Gasteiger partial charge is 0.239 e. The van der Waals surface area contributed by atoms with E-state index in [-0.39, 0.29) is 17.4 Å². The van der Waals surface area contributed by atoms with E-state index in [0.717, 1.165) is 0 Å². The summed E-state index contributed by atoms with van der Waals surface area (Å²) in [6.07, 6.45) is 0.965. The van der Waals surface area contributed by atoms with Crippen LogP contribution in [0.3, 0.4) is 0 Å². The fourth-order valence-corrected chi connectivity index (χ4v) is 1.97. The molecule has 0 saturated carbocycles. The van der Waals surface area contributed by atoms with Crippen LogP contribution >= 0.6 is 0 Å². The quantitative estimate of drug-likeness (QED) is 0.712. The zero-order chi connectivity index (χ0) is 11.6. The van der Waals surface area contributed by atoms with Crippen LogP contribution in [0.15, 0.2) is 0 Å². The van der Waals surface area contributed by atoms with Crippen LogP contribution in [0.5, 0.6) is 0 Å². The lowest BCUT2D eigenvalue weighted by atomic mass is 9.89. The standard InChI is InChI=1S/C11H22N2O2/c1-11(2,3)6-8(14)7-13-5-4-9(12)10(13)15/h8-9,14H,4-7,12H2,1-3H3. The molecule has 4 heteroatoms. The molecule has 0 radical (unpaired) electrons. The minimum Gasteiger partial charge on any atom is -0.391 e. The third-order valence-corrected chi connectivity index (χ3v) is 2.62. The van der Waals surface area contributed by atoms with Crippen LogP contribution in [0.2, 0.25) is 0 Å². The molecule has 4 nitrogen and oxygen atoms in total. The second kappa shape index (κ2) is 4.49.